The average molecular weight is 344 g/mol. The first-order valence-electron chi connectivity index (χ1n) is 7.38. The van der Waals surface area contributed by atoms with Crippen molar-refractivity contribution in [1.29, 1.82) is 0 Å². The minimum atomic E-state index is -0.460. The van der Waals surface area contributed by atoms with Crippen molar-refractivity contribution < 1.29 is 14.3 Å². The zero-order valence-corrected chi connectivity index (χ0v) is 14.7. The summed E-state index contributed by atoms with van der Waals surface area (Å²) in [6.07, 6.45) is 2.99. The fourth-order valence-electron chi connectivity index (χ4n) is 1.71. The van der Waals surface area contributed by atoms with Gasteiger partial charge in [0.25, 0.3) is 5.17 Å². The van der Waals surface area contributed by atoms with Gasteiger partial charge in [0.1, 0.15) is 0 Å². The van der Waals surface area contributed by atoms with Crippen LogP contribution in [-0.2, 0) is 9.47 Å². The third kappa shape index (κ3) is 6.62. The number of hydrogen-bond donors (Lipinski definition) is 1. The Hall–Kier alpha value is -1.33. The quantitative estimate of drug-likeness (QED) is 0.437. The summed E-state index contributed by atoms with van der Waals surface area (Å²) >= 11 is 11.2. The van der Waals surface area contributed by atoms with Crippen molar-refractivity contribution in [3.05, 3.63) is 28.8 Å². The van der Waals surface area contributed by atoms with E-state index in [-0.39, 0.29) is 11.3 Å². The summed E-state index contributed by atoms with van der Waals surface area (Å²) in [6.45, 7) is 6.28. The average Bonchev–Trinajstić information content (AvgIpc) is 2.45. The maximum atomic E-state index is 12.0. The van der Waals surface area contributed by atoms with E-state index in [1.54, 1.807) is 32.0 Å². The third-order valence-corrected chi connectivity index (χ3v) is 3.31. The molecule has 0 aliphatic heterocycles. The van der Waals surface area contributed by atoms with E-state index >= 15 is 0 Å². The van der Waals surface area contributed by atoms with Gasteiger partial charge in [0.05, 0.1) is 23.3 Å². The number of hydrogen-bond acceptors (Lipinski definition) is 4. The van der Waals surface area contributed by atoms with Gasteiger partial charge < -0.3 is 14.8 Å². The molecule has 0 aliphatic rings. The normalized spacial score (nSPS) is 10.4. The number of carbonyl (C=O) groups is 1. The topological polar surface area (TPSA) is 47.6 Å². The van der Waals surface area contributed by atoms with Crippen molar-refractivity contribution in [2.45, 2.75) is 46.1 Å². The van der Waals surface area contributed by atoms with E-state index < -0.39 is 5.97 Å². The van der Waals surface area contributed by atoms with Gasteiger partial charge in [-0.2, -0.15) is 0 Å². The van der Waals surface area contributed by atoms with Gasteiger partial charge in [0.15, 0.2) is 0 Å². The molecule has 0 atom stereocenters. The van der Waals surface area contributed by atoms with E-state index in [0.717, 1.165) is 19.3 Å². The van der Waals surface area contributed by atoms with Crippen LogP contribution in [0.4, 0.5) is 5.69 Å². The van der Waals surface area contributed by atoms with Gasteiger partial charge in [-0.3, -0.25) is 0 Å². The maximum absolute atomic E-state index is 12.0. The van der Waals surface area contributed by atoms with Crippen LogP contribution in [0.25, 0.3) is 0 Å². The van der Waals surface area contributed by atoms with Crippen LogP contribution < -0.4 is 5.32 Å². The minimum Gasteiger partial charge on any atom is -0.471 e. The van der Waals surface area contributed by atoms with E-state index in [9.17, 15) is 4.79 Å². The maximum Gasteiger partial charge on any atom is 0.339 e. The number of esters is 1. The second kappa shape index (κ2) is 9.64. The third-order valence-electron chi connectivity index (χ3n) is 2.76. The fraction of sp³-hybridized carbons (Fsp3) is 0.500. The highest BCUT2D eigenvalue weighted by atomic mass is 35.5. The summed E-state index contributed by atoms with van der Waals surface area (Å²) in [6, 6.07) is 4.96. The van der Waals surface area contributed by atoms with Crippen molar-refractivity contribution in [3.63, 3.8) is 0 Å². The summed E-state index contributed by atoms with van der Waals surface area (Å²) < 4.78 is 10.6. The molecule has 0 radical (unpaired) electrons. The first kappa shape index (κ1) is 18.7. The molecule has 1 rings (SSSR count). The summed E-state index contributed by atoms with van der Waals surface area (Å²) in [5.74, 6) is -0.460. The Morgan fingerprint density at radius 1 is 1.36 bits per heavy atom. The number of rotatable bonds is 7. The van der Waals surface area contributed by atoms with Crippen LogP contribution in [0.15, 0.2) is 18.2 Å². The van der Waals surface area contributed by atoms with E-state index in [0.29, 0.717) is 22.9 Å². The molecule has 0 heterocycles. The van der Waals surface area contributed by atoms with Gasteiger partial charge in [0, 0.05) is 5.69 Å². The molecule has 0 unspecified atom stereocenters. The second-order valence-electron chi connectivity index (χ2n) is 5.12. The molecule has 1 N–H and O–H groups in total. The van der Waals surface area contributed by atoms with Crippen molar-refractivity contribution in [3.8, 4) is 0 Å². The molecule has 122 valence electrons. The molecule has 0 aromatic heterocycles. The summed E-state index contributed by atoms with van der Waals surface area (Å²) in [5, 5.41) is 3.56. The molecule has 0 aliphatic carbocycles. The van der Waals surface area contributed by atoms with Gasteiger partial charge in [-0.1, -0.05) is 31.4 Å². The highest BCUT2D eigenvalue weighted by molar-refractivity contribution is 7.80. The Labute approximate surface area is 142 Å². The Morgan fingerprint density at radius 3 is 2.73 bits per heavy atom. The van der Waals surface area contributed by atoms with Crippen LogP contribution in [0.2, 0.25) is 5.02 Å². The molecule has 0 saturated carbocycles. The number of unbranched alkanes of at least 4 members (excludes halogenated alkanes) is 2. The molecular formula is C16H22ClNO3S. The van der Waals surface area contributed by atoms with E-state index in [4.69, 9.17) is 33.3 Å². The summed E-state index contributed by atoms with van der Waals surface area (Å²) in [7, 11) is 0. The van der Waals surface area contributed by atoms with Crippen LogP contribution in [0.1, 0.15) is 50.4 Å². The monoisotopic (exact) mass is 343 g/mol. The zero-order valence-electron chi connectivity index (χ0n) is 13.1. The van der Waals surface area contributed by atoms with E-state index in [1.807, 2.05) is 0 Å². The van der Waals surface area contributed by atoms with Crippen LogP contribution >= 0.6 is 23.8 Å². The largest absolute Gasteiger partial charge is 0.471 e. The van der Waals surface area contributed by atoms with Crippen LogP contribution in [0, 0.1) is 0 Å². The first-order valence-corrected chi connectivity index (χ1v) is 8.17. The first-order chi connectivity index (χ1) is 10.4. The molecule has 22 heavy (non-hydrogen) atoms. The fourth-order valence-corrected chi connectivity index (χ4v) is 2.10. The van der Waals surface area contributed by atoms with Crippen molar-refractivity contribution in [2.24, 2.45) is 0 Å². The molecule has 0 amide bonds. The van der Waals surface area contributed by atoms with Crippen molar-refractivity contribution in [1.82, 2.24) is 0 Å². The SMILES string of the molecule is CCCCCOC(=S)Nc1ccc(Cl)c(C(=O)OC(C)C)c1. The Morgan fingerprint density at radius 2 is 2.09 bits per heavy atom. The number of ether oxygens (including phenoxy) is 2. The second-order valence-corrected chi connectivity index (χ2v) is 5.89. The molecule has 1 aromatic carbocycles. The number of anilines is 1. The summed E-state index contributed by atoms with van der Waals surface area (Å²) in [4.78, 5) is 12.0. The molecule has 0 bridgehead atoms. The summed E-state index contributed by atoms with van der Waals surface area (Å²) in [5.41, 5.74) is 0.940. The number of nitrogens with one attached hydrogen (secondary N) is 1. The molecular weight excluding hydrogens is 322 g/mol. The standard InChI is InChI=1S/C16H22ClNO3S/c1-4-5-6-9-20-16(22)18-12-7-8-14(17)13(10-12)15(19)21-11(2)3/h7-8,10-11H,4-6,9H2,1-3H3,(H,18,22). The van der Waals surface area contributed by atoms with E-state index in [1.165, 1.54) is 0 Å². The number of thiocarbonyl (C=S) groups is 1. The molecule has 0 spiro atoms. The molecule has 6 heteroatoms. The Balaban J connectivity index is 2.64. The predicted molar refractivity (Wildman–Crippen MR) is 93.7 cm³/mol. The molecule has 1 aromatic rings. The minimum absolute atomic E-state index is 0.205. The van der Waals surface area contributed by atoms with Gasteiger partial charge >= 0.3 is 5.97 Å². The Bertz CT molecular complexity index is 520. The Kier molecular flexibility index (Phi) is 8.20. The lowest BCUT2D eigenvalue weighted by Gasteiger charge is -2.12. The van der Waals surface area contributed by atoms with Gasteiger partial charge in [-0.25, -0.2) is 4.79 Å². The lowest BCUT2D eigenvalue weighted by molar-refractivity contribution is 0.0378. The molecule has 0 fully saturated rings. The lowest BCUT2D eigenvalue weighted by atomic mass is 10.2. The molecule has 0 saturated heterocycles. The highest BCUT2D eigenvalue weighted by Crippen LogP contribution is 2.22. The van der Waals surface area contributed by atoms with Crippen LogP contribution in [0.3, 0.4) is 0 Å². The van der Waals surface area contributed by atoms with Gasteiger partial charge in [-0.15, -0.1) is 0 Å². The van der Waals surface area contributed by atoms with Gasteiger partial charge in [0.2, 0.25) is 0 Å². The predicted octanol–water partition coefficient (Wildman–Crippen LogP) is 4.81. The van der Waals surface area contributed by atoms with E-state index in [2.05, 4.69) is 12.2 Å². The smallest absolute Gasteiger partial charge is 0.339 e. The van der Waals surface area contributed by atoms with Gasteiger partial charge in [-0.05, 0) is 50.7 Å². The lowest BCUT2D eigenvalue weighted by Crippen LogP contribution is -2.15. The molecule has 4 nitrogen and oxygen atoms in total. The number of halogens is 1. The number of benzene rings is 1. The highest BCUT2D eigenvalue weighted by Gasteiger charge is 2.14. The van der Waals surface area contributed by atoms with Crippen molar-refractivity contribution in [2.75, 3.05) is 11.9 Å². The van der Waals surface area contributed by atoms with Crippen LogP contribution in [0.5, 0.6) is 0 Å². The number of carbonyl (C=O) groups excluding carboxylic acids is 1. The van der Waals surface area contributed by atoms with Crippen molar-refractivity contribution >= 4 is 40.7 Å². The van der Waals surface area contributed by atoms with Crippen LogP contribution in [-0.4, -0.2) is 23.9 Å². The zero-order chi connectivity index (χ0) is 16.5.